The van der Waals surface area contributed by atoms with Crippen LogP contribution in [0.4, 0.5) is 0 Å². The van der Waals surface area contributed by atoms with Gasteiger partial charge in [-0.15, -0.1) is 0 Å². The molecule has 0 aliphatic carbocycles. The minimum absolute atomic E-state index is 0.0622. The minimum atomic E-state index is -1.91. The van der Waals surface area contributed by atoms with Crippen LogP contribution in [0.25, 0.3) is 0 Å². The fourth-order valence-electron chi connectivity index (χ4n) is 0.923. The Hall–Kier alpha value is -1.10. The molecule has 0 fully saturated rings. The highest BCUT2D eigenvalue weighted by atomic mass is 16.4. The molecular formula is C11H21NO4. The van der Waals surface area contributed by atoms with Gasteiger partial charge in [0, 0.05) is 6.42 Å². The number of hydrogen-bond donors (Lipinski definition) is 3. The fourth-order valence-corrected chi connectivity index (χ4v) is 0.923. The van der Waals surface area contributed by atoms with Gasteiger partial charge >= 0.3 is 5.97 Å². The van der Waals surface area contributed by atoms with Crippen molar-refractivity contribution in [3.05, 3.63) is 0 Å². The van der Waals surface area contributed by atoms with Crippen LogP contribution in [0.1, 0.15) is 40.5 Å². The van der Waals surface area contributed by atoms with E-state index in [-0.39, 0.29) is 17.9 Å². The van der Waals surface area contributed by atoms with Crippen LogP contribution in [-0.2, 0) is 9.59 Å². The Morgan fingerprint density at radius 2 is 1.69 bits per heavy atom. The molecule has 0 aliphatic rings. The summed E-state index contributed by atoms with van der Waals surface area (Å²) >= 11 is 0. The van der Waals surface area contributed by atoms with Crippen LogP contribution < -0.4 is 5.32 Å². The third-order valence-corrected chi connectivity index (χ3v) is 2.19. The van der Waals surface area contributed by atoms with Gasteiger partial charge in [-0.1, -0.05) is 20.8 Å². The van der Waals surface area contributed by atoms with Gasteiger partial charge in [0.05, 0.1) is 6.54 Å². The number of carboxylic acids is 1. The quantitative estimate of drug-likeness (QED) is 0.652. The average Bonchev–Trinajstić information content (AvgIpc) is 2.10. The Morgan fingerprint density at radius 3 is 2.06 bits per heavy atom. The van der Waals surface area contributed by atoms with E-state index in [2.05, 4.69) is 5.32 Å². The molecule has 1 amide bonds. The lowest BCUT2D eigenvalue weighted by atomic mass is 9.90. The van der Waals surface area contributed by atoms with Gasteiger partial charge in [0.15, 0.2) is 5.60 Å². The smallest absolute Gasteiger partial charge is 0.337 e. The van der Waals surface area contributed by atoms with Crippen LogP contribution in [-0.4, -0.2) is 34.2 Å². The highest BCUT2D eigenvalue weighted by Gasteiger charge is 2.30. The van der Waals surface area contributed by atoms with Gasteiger partial charge in [-0.05, 0) is 18.8 Å². The second kappa shape index (κ2) is 5.30. The topological polar surface area (TPSA) is 86.6 Å². The molecule has 1 atom stereocenters. The van der Waals surface area contributed by atoms with E-state index in [1.165, 1.54) is 0 Å². The van der Waals surface area contributed by atoms with Gasteiger partial charge in [-0.2, -0.15) is 0 Å². The summed E-state index contributed by atoms with van der Waals surface area (Å²) in [5.41, 5.74) is -1.84. The zero-order valence-electron chi connectivity index (χ0n) is 10.3. The first-order valence-electron chi connectivity index (χ1n) is 5.27. The van der Waals surface area contributed by atoms with Crippen LogP contribution in [0, 0.1) is 5.41 Å². The molecule has 0 heterocycles. The molecule has 0 spiro atoms. The molecule has 94 valence electrons. The molecule has 1 unspecified atom stereocenters. The van der Waals surface area contributed by atoms with Gasteiger partial charge in [0.25, 0.3) is 0 Å². The van der Waals surface area contributed by atoms with E-state index < -0.39 is 11.6 Å². The molecule has 0 aliphatic heterocycles. The lowest BCUT2D eigenvalue weighted by molar-refractivity contribution is -0.156. The van der Waals surface area contributed by atoms with Crippen molar-refractivity contribution in [1.82, 2.24) is 5.32 Å². The van der Waals surface area contributed by atoms with Gasteiger partial charge in [0.2, 0.25) is 5.91 Å². The van der Waals surface area contributed by atoms with E-state index in [0.29, 0.717) is 12.8 Å². The Morgan fingerprint density at radius 1 is 1.19 bits per heavy atom. The normalized spacial score (nSPS) is 15.3. The molecule has 0 saturated heterocycles. The number of carbonyl (C=O) groups is 2. The molecule has 0 saturated carbocycles. The summed E-state index contributed by atoms with van der Waals surface area (Å²) in [5.74, 6) is -1.58. The van der Waals surface area contributed by atoms with Crippen LogP contribution >= 0.6 is 0 Å². The van der Waals surface area contributed by atoms with E-state index in [0.717, 1.165) is 6.92 Å². The molecule has 5 nitrogen and oxygen atoms in total. The van der Waals surface area contributed by atoms with Crippen molar-refractivity contribution in [1.29, 1.82) is 0 Å². The van der Waals surface area contributed by atoms with E-state index >= 15 is 0 Å². The number of rotatable bonds is 5. The van der Waals surface area contributed by atoms with Crippen molar-refractivity contribution < 1.29 is 19.8 Å². The Balaban J connectivity index is 3.96. The minimum Gasteiger partial charge on any atom is -0.479 e. The molecule has 16 heavy (non-hydrogen) atoms. The summed E-state index contributed by atoms with van der Waals surface area (Å²) in [6.07, 6.45) is 1.05. The highest BCUT2D eigenvalue weighted by molar-refractivity contribution is 5.80. The Labute approximate surface area is 95.9 Å². The van der Waals surface area contributed by atoms with Crippen LogP contribution in [0.15, 0.2) is 0 Å². The summed E-state index contributed by atoms with van der Waals surface area (Å²) < 4.78 is 0. The highest BCUT2D eigenvalue weighted by Crippen LogP contribution is 2.20. The van der Waals surface area contributed by atoms with Crippen molar-refractivity contribution in [2.45, 2.75) is 46.1 Å². The zero-order valence-corrected chi connectivity index (χ0v) is 10.3. The number of carbonyl (C=O) groups excluding carboxylic acids is 1. The van der Waals surface area contributed by atoms with Crippen LogP contribution in [0.3, 0.4) is 0 Å². The monoisotopic (exact) mass is 231 g/mol. The lowest BCUT2D eigenvalue weighted by Crippen LogP contribution is -2.46. The molecule has 0 aromatic heterocycles. The number of hydrogen-bond acceptors (Lipinski definition) is 3. The maximum absolute atomic E-state index is 11.3. The number of aliphatic carboxylic acids is 1. The fraction of sp³-hybridized carbons (Fsp3) is 0.818. The van der Waals surface area contributed by atoms with Gasteiger partial charge in [0.1, 0.15) is 0 Å². The summed E-state index contributed by atoms with van der Waals surface area (Å²) in [5, 5.41) is 20.4. The van der Waals surface area contributed by atoms with E-state index in [1.807, 2.05) is 20.8 Å². The third-order valence-electron chi connectivity index (χ3n) is 2.19. The summed E-state index contributed by atoms with van der Waals surface area (Å²) in [7, 11) is 0. The summed E-state index contributed by atoms with van der Waals surface area (Å²) in [6.45, 7) is 6.94. The van der Waals surface area contributed by atoms with Crippen molar-refractivity contribution in [3.8, 4) is 0 Å². The predicted octanol–water partition coefficient (Wildman–Crippen LogP) is 0.764. The van der Waals surface area contributed by atoms with Crippen molar-refractivity contribution in [2.75, 3.05) is 6.54 Å². The largest absolute Gasteiger partial charge is 0.479 e. The first-order chi connectivity index (χ1) is 7.04. The molecule has 0 aromatic carbocycles. The van der Waals surface area contributed by atoms with E-state index in [9.17, 15) is 14.7 Å². The molecular weight excluding hydrogens is 210 g/mol. The predicted molar refractivity (Wildman–Crippen MR) is 60.0 cm³/mol. The van der Waals surface area contributed by atoms with E-state index in [4.69, 9.17) is 5.11 Å². The molecule has 0 rings (SSSR count). The van der Waals surface area contributed by atoms with Crippen molar-refractivity contribution in [2.24, 2.45) is 5.41 Å². The molecule has 0 radical (unpaired) electrons. The maximum Gasteiger partial charge on any atom is 0.337 e. The van der Waals surface area contributed by atoms with Gasteiger partial charge in [-0.3, -0.25) is 4.79 Å². The second-order valence-corrected chi connectivity index (χ2v) is 5.42. The first-order valence-corrected chi connectivity index (χ1v) is 5.27. The van der Waals surface area contributed by atoms with Crippen LogP contribution in [0.5, 0.6) is 0 Å². The molecule has 0 bridgehead atoms. The Kier molecular flexibility index (Phi) is 4.93. The molecule has 3 N–H and O–H groups in total. The number of nitrogens with one attached hydrogen (secondary N) is 1. The average molecular weight is 231 g/mol. The number of aliphatic hydroxyl groups is 1. The van der Waals surface area contributed by atoms with Crippen LogP contribution in [0.2, 0.25) is 0 Å². The second-order valence-electron chi connectivity index (χ2n) is 5.42. The maximum atomic E-state index is 11.3. The summed E-state index contributed by atoms with van der Waals surface area (Å²) in [6, 6.07) is 0. The lowest BCUT2D eigenvalue weighted by Gasteiger charge is -2.20. The van der Waals surface area contributed by atoms with Crippen molar-refractivity contribution in [3.63, 3.8) is 0 Å². The number of amides is 1. The molecule has 0 aromatic rings. The summed E-state index contributed by atoms with van der Waals surface area (Å²) in [4.78, 5) is 21.9. The SMILES string of the molecule is CC(C)(C)CCC(=O)NCC(C)(O)C(=O)O. The van der Waals surface area contributed by atoms with Gasteiger partial charge < -0.3 is 15.5 Å². The standard InChI is InChI=1S/C11H21NO4/c1-10(2,3)6-5-8(13)12-7-11(4,16)9(14)15/h16H,5-7H2,1-4H3,(H,12,13)(H,14,15). The Bertz CT molecular complexity index is 266. The van der Waals surface area contributed by atoms with Crippen molar-refractivity contribution >= 4 is 11.9 Å². The number of carboxylic acid groups (broad SMARTS) is 1. The first kappa shape index (κ1) is 14.9. The zero-order chi connectivity index (χ0) is 13.0. The van der Waals surface area contributed by atoms with E-state index in [1.54, 1.807) is 0 Å². The molecule has 5 heteroatoms. The third kappa shape index (κ3) is 6.40. The van der Waals surface area contributed by atoms with Gasteiger partial charge in [-0.25, -0.2) is 4.79 Å².